The number of ketones is 1. The van der Waals surface area contributed by atoms with Gasteiger partial charge in [0, 0.05) is 60.9 Å². The second-order valence-corrected chi connectivity index (χ2v) is 13.1. The van der Waals surface area contributed by atoms with Gasteiger partial charge in [-0.1, -0.05) is 11.6 Å². The number of anilines is 1. The summed E-state index contributed by atoms with van der Waals surface area (Å²) in [7, 11) is 1.76. The molecule has 2 aromatic rings. The Balaban J connectivity index is 1.40. The van der Waals surface area contributed by atoms with Gasteiger partial charge in [0.05, 0.1) is 29.5 Å². The number of nitrogens with zero attached hydrogens (tertiary/aromatic N) is 4. The summed E-state index contributed by atoms with van der Waals surface area (Å²) in [5.41, 5.74) is 8.89. The van der Waals surface area contributed by atoms with Crippen molar-refractivity contribution in [3.05, 3.63) is 40.2 Å². The fourth-order valence-corrected chi connectivity index (χ4v) is 7.01. The highest BCUT2D eigenvalue weighted by Gasteiger charge is 2.47. The maximum Gasteiger partial charge on any atom is 0.225 e. The zero-order chi connectivity index (χ0) is 32.3. The number of aliphatic hydroxyl groups excluding tert-OH is 1. The number of likely N-dealkylation sites (N-methyl/N-ethyl adjacent to an activating group) is 1. The number of Topliss-reactive ketones (excluding diaryl/α,β-unsaturated/α-hetero) is 1. The van der Waals surface area contributed by atoms with Gasteiger partial charge < -0.3 is 35.4 Å². The highest BCUT2D eigenvalue weighted by atomic mass is 35.5. The standard InChI is InChI=1S/C33H45ClN6O5/c1-20-29(28(21(2)35)22(3)41)37-30(26-15-25(5-6-27(26)34)45-17-24(42)16-36-4)38-31(20)40-18-33(19-40)9-7-23(8-10-33)32(43)39-11-13-44-14-12-39/h5-6,15,23-24,36,42H,7-14,16-19,35H2,1-4H3/t24-/m1/s1. The number of nitrogens with one attached hydrogen (secondary N) is 1. The van der Waals surface area contributed by atoms with E-state index in [4.69, 9.17) is 36.8 Å². The Hall–Kier alpha value is -3.25. The molecule has 11 nitrogen and oxygen atoms in total. The van der Waals surface area contributed by atoms with Gasteiger partial charge in [0.25, 0.3) is 0 Å². The van der Waals surface area contributed by atoms with E-state index in [1.807, 2.05) is 11.8 Å². The van der Waals surface area contributed by atoms with Crippen LogP contribution in [0.2, 0.25) is 5.02 Å². The van der Waals surface area contributed by atoms with E-state index in [2.05, 4.69) is 10.2 Å². The van der Waals surface area contributed by atoms with Crippen molar-refractivity contribution in [1.29, 1.82) is 0 Å². The van der Waals surface area contributed by atoms with Crippen LogP contribution >= 0.6 is 11.6 Å². The number of hydrogen-bond donors (Lipinski definition) is 3. The first-order valence-corrected chi connectivity index (χ1v) is 16.1. The second-order valence-electron chi connectivity index (χ2n) is 12.7. The Bertz CT molecular complexity index is 1440. The number of aromatic nitrogens is 2. The molecule has 0 radical (unpaired) electrons. The van der Waals surface area contributed by atoms with Crippen molar-refractivity contribution in [2.45, 2.75) is 52.6 Å². The largest absolute Gasteiger partial charge is 0.491 e. The van der Waals surface area contributed by atoms with E-state index in [1.165, 1.54) is 6.92 Å². The van der Waals surface area contributed by atoms with Crippen molar-refractivity contribution in [2.24, 2.45) is 17.1 Å². The summed E-state index contributed by atoms with van der Waals surface area (Å²) in [4.78, 5) is 39.9. The molecular formula is C33H45ClN6O5. The Kier molecular flexibility index (Phi) is 10.3. The lowest BCUT2D eigenvalue weighted by molar-refractivity contribution is -0.141. The topological polar surface area (TPSA) is 143 Å². The van der Waals surface area contributed by atoms with Crippen LogP contribution in [0.5, 0.6) is 5.75 Å². The third kappa shape index (κ3) is 7.27. The monoisotopic (exact) mass is 640 g/mol. The smallest absolute Gasteiger partial charge is 0.225 e. The molecule has 1 aliphatic carbocycles. The highest BCUT2D eigenvalue weighted by Crippen LogP contribution is 2.48. The van der Waals surface area contributed by atoms with Gasteiger partial charge in [0.1, 0.15) is 24.3 Å². The average Bonchev–Trinajstić information content (AvgIpc) is 3.00. The number of morpholine rings is 1. The zero-order valence-electron chi connectivity index (χ0n) is 26.7. The van der Waals surface area contributed by atoms with Crippen LogP contribution in [0.15, 0.2) is 23.9 Å². The van der Waals surface area contributed by atoms with E-state index in [1.54, 1.807) is 32.2 Å². The molecule has 244 valence electrons. The number of benzene rings is 1. The van der Waals surface area contributed by atoms with Crippen LogP contribution in [0.1, 0.15) is 50.8 Å². The van der Waals surface area contributed by atoms with Gasteiger partial charge in [-0.05, 0) is 71.7 Å². The highest BCUT2D eigenvalue weighted by molar-refractivity contribution is 6.33. The predicted octanol–water partition coefficient (Wildman–Crippen LogP) is 3.20. The summed E-state index contributed by atoms with van der Waals surface area (Å²) in [5.74, 6) is 1.77. The number of nitrogens with two attached hydrogens (primary N) is 1. The molecule has 3 heterocycles. The number of hydrogen-bond acceptors (Lipinski definition) is 10. The fraction of sp³-hybridized carbons (Fsp3) is 0.576. The Morgan fingerprint density at radius 1 is 1.20 bits per heavy atom. The number of aliphatic hydroxyl groups is 1. The van der Waals surface area contributed by atoms with Crippen LogP contribution in [0, 0.1) is 18.3 Å². The van der Waals surface area contributed by atoms with Crippen molar-refractivity contribution in [3.8, 4) is 17.1 Å². The summed E-state index contributed by atoms with van der Waals surface area (Å²) in [6.45, 7) is 9.83. The second kappa shape index (κ2) is 14.0. The number of allylic oxidation sites excluding steroid dienone is 2. The van der Waals surface area contributed by atoms with Gasteiger partial charge in [0.15, 0.2) is 11.6 Å². The lowest BCUT2D eigenvalue weighted by Crippen LogP contribution is -2.59. The first-order chi connectivity index (χ1) is 21.5. The van der Waals surface area contributed by atoms with Gasteiger partial charge >= 0.3 is 0 Å². The summed E-state index contributed by atoms with van der Waals surface area (Å²) in [6.07, 6.45) is 3.07. The van der Waals surface area contributed by atoms with Gasteiger partial charge in [-0.3, -0.25) is 9.59 Å². The molecule has 0 unspecified atom stereocenters. The number of ether oxygens (including phenoxy) is 2. The van der Waals surface area contributed by atoms with E-state index in [0.717, 1.165) is 50.2 Å². The van der Waals surface area contributed by atoms with Crippen molar-refractivity contribution in [3.63, 3.8) is 0 Å². The number of amides is 1. The van der Waals surface area contributed by atoms with Crippen LogP contribution in [0.25, 0.3) is 17.0 Å². The lowest BCUT2D eigenvalue weighted by atomic mass is 9.65. The van der Waals surface area contributed by atoms with Gasteiger partial charge in [-0.2, -0.15) is 0 Å². The van der Waals surface area contributed by atoms with Crippen molar-refractivity contribution < 1.29 is 24.2 Å². The number of halogens is 1. The Labute approximate surface area is 270 Å². The minimum absolute atomic E-state index is 0.0774. The molecule has 12 heteroatoms. The summed E-state index contributed by atoms with van der Waals surface area (Å²) in [5, 5.41) is 13.5. The van der Waals surface area contributed by atoms with Crippen LogP contribution in [0.3, 0.4) is 0 Å². The van der Waals surface area contributed by atoms with Gasteiger partial charge in [0.2, 0.25) is 5.91 Å². The maximum absolute atomic E-state index is 13.1. The average molecular weight is 641 g/mol. The molecule has 1 aromatic heterocycles. The molecular weight excluding hydrogens is 596 g/mol. The third-order valence-electron chi connectivity index (χ3n) is 9.23. The molecule has 1 saturated carbocycles. The summed E-state index contributed by atoms with van der Waals surface area (Å²) >= 11 is 6.68. The van der Waals surface area contributed by atoms with Crippen LogP contribution in [-0.4, -0.2) is 97.4 Å². The predicted molar refractivity (Wildman–Crippen MR) is 174 cm³/mol. The number of carbonyl (C=O) groups excluding carboxylic acids is 2. The van der Waals surface area contributed by atoms with E-state index < -0.39 is 6.10 Å². The molecule has 5 rings (SSSR count). The molecule has 1 aromatic carbocycles. The summed E-state index contributed by atoms with van der Waals surface area (Å²) < 4.78 is 11.3. The molecule has 4 N–H and O–H groups in total. The lowest BCUT2D eigenvalue weighted by Gasteiger charge is -2.54. The molecule has 1 amide bonds. The zero-order valence-corrected chi connectivity index (χ0v) is 27.5. The van der Waals surface area contributed by atoms with E-state index in [-0.39, 0.29) is 29.6 Å². The molecule has 3 fully saturated rings. The van der Waals surface area contributed by atoms with Crippen molar-refractivity contribution in [1.82, 2.24) is 20.2 Å². The molecule has 0 bridgehead atoms. The number of carbonyl (C=O) groups is 2. The third-order valence-corrected chi connectivity index (χ3v) is 9.56. The van der Waals surface area contributed by atoms with Gasteiger partial charge in [-0.25, -0.2) is 9.97 Å². The molecule has 3 aliphatic rings. The molecule has 1 spiro atoms. The van der Waals surface area contributed by atoms with E-state index in [0.29, 0.717) is 72.0 Å². The molecule has 1 atom stereocenters. The minimum atomic E-state index is -0.676. The molecule has 2 aliphatic heterocycles. The number of rotatable bonds is 10. The minimum Gasteiger partial charge on any atom is -0.491 e. The van der Waals surface area contributed by atoms with Gasteiger partial charge in [-0.15, -0.1) is 0 Å². The van der Waals surface area contributed by atoms with E-state index in [9.17, 15) is 14.7 Å². The first kappa shape index (κ1) is 33.1. The Morgan fingerprint density at radius 2 is 1.89 bits per heavy atom. The van der Waals surface area contributed by atoms with Crippen molar-refractivity contribution >= 4 is 34.7 Å². The summed E-state index contributed by atoms with van der Waals surface area (Å²) in [6, 6.07) is 5.20. The first-order valence-electron chi connectivity index (χ1n) is 15.7. The normalized spacial score (nSPS) is 19.6. The quantitative estimate of drug-likeness (QED) is 0.331. The molecule has 45 heavy (non-hydrogen) atoms. The Morgan fingerprint density at radius 3 is 2.51 bits per heavy atom. The van der Waals surface area contributed by atoms with Crippen LogP contribution in [-0.2, 0) is 14.3 Å². The van der Waals surface area contributed by atoms with E-state index >= 15 is 0 Å². The van der Waals surface area contributed by atoms with Crippen LogP contribution < -0.4 is 20.7 Å². The maximum atomic E-state index is 13.1. The SMILES string of the molecule is CNC[C@@H](O)COc1ccc(Cl)c(-c2nc(C(C(C)=O)=C(C)N)c(C)c(N3CC4(CCC(C(=O)N5CCOCC5)CC4)C3)n2)c1. The molecule has 2 saturated heterocycles. The van der Waals surface area contributed by atoms with Crippen LogP contribution in [0.4, 0.5) is 5.82 Å². The van der Waals surface area contributed by atoms with Crippen molar-refractivity contribution in [2.75, 3.05) is 64.5 Å². The fourth-order valence-electron chi connectivity index (χ4n) is 6.81.